The molecule has 104 valence electrons. The highest BCUT2D eigenvalue weighted by atomic mass is 32.2. The molecule has 0 spiro atoms. The molecular weight excluding hydrogens is 260 g/mol. The van der Waals surface area contributed by atoms with E-state index in [1.165, 1.54) is 6.92 Å². The molecule has 1 aromatic carbocycles. The lowest BCUT2D eigenvalue weighted by molar-refractivity contribution is -0.132. The lowest BCUT2D eigenvalue weighted by Gasteiger charge is -2.15. The number of carbonyl (C=O) groups is 1. The van der Waals surface area contributed by atoms with Gasteiger partial charge in [-0.2, -0.15) is 0 Å². The Morgan fingerprint density at radius 2 is 1.95 bits per heavy atom. The Bertz CT molecular complexity index is 523. The number of carbonyl (C=O) groups excluding carboxylic acids is 1. The Labute approximate surface area is 118 Å². The molecule has 1 heterocycles. The summed E-state index contributed by atoms with van der Waals surface area (Å²) in [4.78, 5) is 12.4. The number of esters is 1. The predicted octanol–water partition coefficient (Wildman–Crippen LogP) is 4.15. The number of hydrogen-bond acceptors (Lipinski definition) is 4. The highest BCUT2D eigenvalue weighted by molar-refractivity contribution is 8.00. The Balaban J connectivity index is 2.46. The summed E-state index contributed by atoms with van der Waals surface area (Å²) < 4.78 is 11.4. The first kappa shape index (κ1) is 14.3. The number of benzene rings is 1. The largest absolute Gasteiger partial charge is 0.478 e. The van der Waals surface area contributed by atoms with E-state index in [0.717, 1.165) is 40.2 Å². The molecule has 0 radical (unpaired) electrons. The van der Waals surface area contributed by atoms with Gasteiger partial charge in [0, 0.05) is 12.5 Å². The van der Waals surface area contributed by atoms with E-state index in [2.05, 4.69) is 6.92 Å². The van der Waals surface area contributed by atoms with Gasteiger partial charge in [0.05, 0.1) is 4.90 Å². The van der Waals surface area contributed by atoms with Crippen LogP contribution in [0, 0.1) is 20.8 Å². The van der Waals surface area contributed by atoms with Gasteiger partial charge in [-0.15, -0.1) is 0 Å². The summed E-state index contributed by atoms with van der Waals surface area (Å²) in [5, 5.41) is 0. The minimum atomic E-state index is -0.278. The topological polar surface area (TPSA) is 35.5 Å². The molecule has 1 aliphatic rings. The van der Waals surface area contributed by atoms with Crippen LogP contribution in [-0.4, -0.2) is 11.4 Å². The zero-order valence-electron chi connectivity index (χ0n) is 12.1. The van der Waals surface area contributed by atoms with E-state index in [1.54, 1.807) is 11.8 Å². The lowest BCUT2D eigenvalue weighted by Crippen LogP contribution is -2.07. The van der Waals surface area contributed by atoms with Gasteiger partial charge >= 0.3 is 5.97 Å². The molecule has 2 rings (SSSR count). The van der Waals surface area contributed by atoms with E-state index in [4.69, 9.17) is 9.47 Å². The standard InChI is InChI=1S/C15H20O3S/c1-6-7-12-18-14-9(3)8(2)13(17-11(5)16)10(4)15(14)19-12/h12H,6-7H2,1-5H3. The van der Waals surface area contributed by atoms with E-state index in [1.807, 2.05) is 20.8 Å². The van der Waals surface area contributed by atoms with Gasteiger partial charge < -0.3 is 9.47 Å². The van der Waals surface area contributed by atoms with E-state index >= 15 is 0 Å². The summed E-state index contributed by atoms with van der Waals surface area (Å²) in [6.45, 7) is 9.58. The van der Waals surface area contributed by atoms with Crippen LogP contribution in [0.25, 0.3) is 0 Å². The molecule has 0 amide bonds. The molecule has 0 aromatic heterocycles. The average Bonchev–Trinajstić information content (AvgIpc) is 2.76. The van der Waals surface area contributed by atoms with Gasteiger partial charge in [0.1, 0.15) is 16.9 Å². The number of rotatable bonds is 3. The lowest BCUT2D eigenvalue weighted by atomic mass is 10.0. The van der Waals surface area contributed by atoms with Crippen molar-refractivity contribution in [2.24, 2.45) is 0 Å². The van der Waals surface area contributed by atoms with E-state index in [-0.39, 0.29) is 11.4 Å². The summed E-state index contributed by atoms with van der Waals surface area (Å²) in [6.07, 6.45) is 2.12. The third-order valence-corrected chi connectivity index (χ3v) is 4.72. The Morgan fingerprint density at radius 1 is 1.26 bits per heavy atom. The first-order valence-corrected chi connectivity index (χ1v) is 7.49. The van der Waals surface area contributed by atoms with Crippen LogP contribution in [0.15, 0.2) is 4.90 Å². The van der Waals surface area contributed by atoms with Crippen molar-refractivity contribution in [3.63, 3.8) is 0 Å². The summed E-state index contributed by atoms with van der Waals surface area (Å²) in [7, 11) is 0. The molecule has 3 nitrogen and oxygen atoms in total. The predicted molar refractivity (Wildman–Crippen MR) is 77.1 cm³/mol. The fraction of sp³-hybridized carbons (Fsp3) is 0.533. The Kier molecular flexibility index (Phi) is 4.09. The quantitative estimate of drug-likeness (QED) is 0.615. The number of ether oxygens (including phenoxy) is 2. The molecular formula is C15H20O3S. The zero-order valence-corrected chi connectivity index (χ0v) is 12.9. The molecule has 1 aromatic rings. The molecule has 1 unspecified atom stereocenters. The molecule has 0 saturated carbocycles. The van der Waals surface area contributed by atoms with Gasteiger partial charge in [0.25, 0.3) is 0 Å². The normalized spacial score (nSPS) is 17.0. The van der Waals surface area contributed by atoms with Crippen molar-refractivity contribution in [3.8, 4) is 11.5 Å². The average molecular weight is 280 g/mol. The van der Waals surface area contributed by atoms with Gasteiger partial charge in [-0.3, -0.25) is 4.79 Å². The summed E-state index contributed by atoms with van der Waals surface area (Å²) in [5.41, 5.74) is 3.26. The molecule has 0 bridgehead atoms. The molecule has 0 N–H and O–H groups in total. The number of thioether (sulfide) groups is 1. The van der Waals surface area contributed by atoms with Crippen LogP contribution in [0.5, 0.6) is 11.5 Å². The van der Waals surface area contributed by atoms with Crippen molar-refractivity contribution in [2.75, 3.05) is 0 Å². The van der Waals surface area contributed by atoms with Gasteiger partial charge in [0.15, 0.2) is 0 Å². The molecule has 0 aliphatic carbocycles. The first-order chi connectivity index (χ1) is 8.95. The van der Waals surface area contributed by atoms with E-state index in [9.17, 15) is 4.79 Å². The zero-order chi connectivity index (χ0) is 14.2. The molecule has 4 heteroatoms. The van der Waals surface area contributed by atoms with Crippen molar-refractivity contribution in [2.45, 2.75) is 57.8 Å². The molecule has 0 saturated heterocycles. The highest BCUT2D eigenvalue weighted by Gasteiger charge is 2.30. The minimum Gasteiger partial charge on any atom is -0.478 e. The van der Waals surface area contributed by atoms with Crippen LogP contribution in [-0.2, 0) is 4.79 Å². The molecule has 19 heavy (non-hydrogen) atoms. The number of fused-ring (bicyclic) bond motifs is 1. The van der Waals surface area contributed by atoms with Crippen molar-refractivity contribution in [1.29, 1.82) is 0 Å². The van der Waals surface area contributed by atoms with Gasteiger partial charge in [-0.1, -0.05) is 25.1 Å². The highest BCUT2D eigenvalue weighted by Crippen LogP contribution is 2.50. The van der Waals surface area contributed by atoms with Crippen LogP contribution in [0.3, 0.4) is 0 Å². The van der Waals surface area contributed by atoms with Crippen LogP contribution in [0.4, 0.5) is 0 Å². The minimum absolute atomic E-state index is 0.185. The summed E-state index contributed by atoms with van der Waals surface area (Å²) in [6, 6.07) is 0. The van der Waals surface area contributed by atoms with Gasteiger partial charge in [0.2, 0.25) is 0 Å². The monoisotopic (exact) mass is 280 g/mol. The third kappa shape index (κ3) is 2.59. The van der Waals surface area contributed by atoms with E-state index < -0.39 is 0 Å². The van der Waals surface area contributed by atoms with Crippen LogP contribution >= 0.6 is 11.8 Å². The maximum absolute atomic E-state index is 11.2. The fourth-order valence-corrected chi connectivity index (χ4v) is 3.63. The second-order valence-electron chi connectivity index (χ2n) is 4.91. The van der Waals surface area contributed by atoms with Gasteiger partial charge in [-0.25, -0.2) is 0 Å². The van der Waals surface area contributed by atoms with E-state index in [0.29, 0.717) is 5.75 Å². The van der Waals surface area contributed by atoms with Crippen LogP contribution in [0.2, 0.25) is 0 Å². The molecule has 1 atom stereocenters. The van der Waals surface area contributed by atoms with Crippen molar-refractivity contribution in [1.82, 2.24) is 0 Å². The summed E-state index contributed by atoms with van der Waals surface area (Å²) >= 11 is 1.74. The Hall–Kier alpha value is -1.16. The Morgan fingerprint density at radius 3 is 2.53 bits per heavy atom. The second-order valence-corrected chi connectivity index (χ2v) is 6.08. The maximum atomic E-state index is 11.2. The van der Waals surface area contributed by atoms with Crippen LogP contribution in [0.1, 0.15) is 43.4 Å². The van der Waals surface area contributed by atoms with Crippen molar-refractivity contribution < 1.29 is 14.3 Å². The second kappa shape index (κ2) is 5.45. The molecule has 0 fully saturated rings. The SMILES string of the molecule is CCCC1Oc2c(C)c(C)c(OC(C)=O)c(C)c2S1. The van der Waals surface area contributed by atoms with Gasteiger partial charge in [-0.05, 0) is 38.3 Å². The smallest absolute Gasteiger partial charge is 0.308 e. The fourth-order valence-electron chi connectivity index (χ4n) is 2.29. The van der Waals surface area contributed by atoms with Crippen molar-refractivity contribution in [3.05, 3.63) is 16.7 Å². The van der Waals surface area contributed by atoms with Crippen LogP contribution < -0.4 is 9.47 Å². The number of hydrogen-bond donors (Lipinski definition) is 0. The third-order valence-electron chi connectivity index (χ3n) is 3.40. The first-order valence-electron chi connectivity index (χ1n) is 6.61. The maximum Gasteiger partial charge on any atom is 0.308 e. The summed E-state index contributed by atoms with van der Waals surface area (Å²) in [5.74, 6) is 1.38. The molecule has 1 aliphatic heterocycles. The van der Waals surface area contributed by atoms with Crippen molar-refractivity contribution >= 4 is 17.7 Å².